The largest absolute Gasteiger partial charge is 0.494 e. The van der Waals surface area contributed by atoms with Crippen LogP contribution < -0.4 is 4.74 Å². The summed E-state index contributed by atoms with van der Waals surface area (Å²) in [6, 6.07) is 6.19. The quantitative estimate of drug-likeness (QED) is 0.421. The van der Waals surface area contributed by atoms with E-state index in [9.17, 15) is 22.8 Å². The third-order valence-corrected chi connectivity index (χ3v) is 3.73. The summed E-state index contributed by atoms with van der Waals surface area (Å²) in [6.07, 6.45) is 1.26. The Kier molecular flexibility index (Phi) is 6.40. The van der Waals surface area contributed by atoms with Crippen molar-refractivity contribution in [3.05, 3.63) is 53.5 Å². The van der Waals surface area contributed by atoms with Gasteiger partial charge in [0.2, 0.25) is 0 Å². The van der Waals surface area contributed by atoms with E-state index < -0.39 is 29.9 Å². The third-order valence-electron chi connectivity index (χ3n) is 3.00. The molecule has 2 rings (SSSR count). The third kappa shape index (κ3) is 4.96. The number of ether oxygens (including phenoxy) is 2. The number of carbonyl (C=O) groups is 2. The molecule has 1 aromatic carbocycles. The number of aromatic nitrogens is 1. The van der Waals surface area contributed by atoms with Gasteiger partial charge in [-0.05, 0) is 42.1 Å². The van der Waals surface area contributed by atoms with Crippen LogP contribution in [0.3, 0.4) is 0 Å². The Morgan fingerprint density at radius 3 is 2.68 bits per heavy atom. The molecule has 9 heteroatoms. The molecule has 0 unspecified atom stereocenters. The van der Waals surface area contributed by atoms with Gasteiger partial charge in [-0.1, -0.05) is 0 Å². The highest BCUT2D eigenvalue weighted by Crippen LogP contribution is 2.26. The molecule has 0 atom stereocenters. The minimum atomic E-state index is -2.76. The van der Waals surface area contributed by atoms with Crippen molar-refractivity contribution in [2.45, 2.75) is 10.8 Å². The van der Waals surface area contributed by atoms with Crippen LogP contribution in [0.4, 0.5) is 13.2 Å². The SMILES string of the molecule is COc1ccc(C(=O)COC(=O)c2cccnc2SC(F)F)cc1F. The standard InChI is InChI=1S/C16H12F3NO4S/c1-23-13-5-4-9(7-11(13)17)12(21)8-24-15(22)10-3-2-6-20-14(10)25-16(18)19/h2-7,16H,8H2,1H3. The van der Waals surface area contributed by atoms with Gasteiger partial charge in [-0.3, -0.25) is 4.79 Å². The number of alkyl halides is 2. The predicted octanol–water partition coefficient (Wildman–Crippen LogP) is 3.58. The fourth-order valence-corrected chi connectivity index (χ4v) is 2.43. The maximum Gasteiger partial charge on any atom is 0.341 e. The molecule has 1 heterocycles. The van der Waals surface area contributed by atoms with Crippen molar-refractivity contribution in [3.63, 3.8) is 0 Å². The number of rotatable bonds is 7. The summed E-state index contributed by atoms with van der Waals surface area (Å²) in [5.74, 6) is -5.15. The van der Waals surface area contributed by atoms with Crippen molar-refractivity contribution >= 4 is 23.5 Å². The smallest absolute Gasteiger partial charge is 0.341 e. The van der Waals surface area contributed by atoms with Crippen LogP contribution >= 0.6 is 11.8 Å². The highest BCUT2D eigenvalue weighted by molar-refractivity contribution is 7.99. The van der Waals surface area contributed by atoms with E-state index in [-0.39, 0.29) is 33.7 Å². The molecule has 0 aliphatic heterocycles. The van der Waals surface area contributed by atoms with Gasteiger partial charge in [0, 0.05) is 11.8 Å². The van der Waals surface area contributed by atoms with Crippen LogP contribution in [0.25, 0.3) is 0 Å². The maximum absolute atomic E-state index is 13.6. The molecule has 5 nitrogen and oxygen atoms in total. The Hall–Kier alpha value is -2.55. The second-order valence-corrected chi connectivity index (χ2v) is 5.56. The first kappa shape index (κ1) is 18.8. The number of esters is 1. The Morgan fingerprint density at radius 1 is 1.28 bits per heavy atom. The Labute approximate surface area is 145 Å². The lowest BCUT2D eigenvalue weighted by Crippen LogP contribution is -2.15. The van der Waals surface area contributed by atoms with Crippen LogP contribution in [0.2, 0.25) is 0 Å². The Balaban J connectivity index is 2.05. The number of thioether (sulfide) groups is 1. The van der Waals surface area contributed by atoms with Crippen molar-refractivity contribution in [1.82, 2.24) is 4.98 Å². The van der Waals surface area contributed by atoms with Gasteiger partial charge in [0.1, 0.15) is 5.03 Å². The Morgan fingerprint density at radius 2 is 2.04 bits per heavy atom. The molecule has 0 aliphatic rings. The predicted molar refractivity (Wildman–Crippen MR) is 83.7 cm³/mol. The molecule has 0 aliphatic carbocycles. The van der Waals surface area contributed by atoms with Crippen molar-refractivity contribution < 1.29 is 32.2 Å². The molecule has 0 bridgehead atoms. The van der Waals surface area contributed by atoms with E-state index in [4.69, 9.17) is 9.47 Å². The summed E-state index contributed by atoms with van der Waals surface area (Å²) in [4.78, 5) is 27.6. The van der Waals surface area contributed by atoms with E-state index in [1.165, 1.54) is 37.6 Å². The minimum Gasteiger partial charge on any atom is -0.494 e. The van der Waals surface area contributed by atoms with Gasteiger partial charge < -0.3 is 9.47 Å². The summed E-state index contributed by atoms with van der Waals surface area (Å²) in [5, 5.41) is -0.203. The van der Waals surface area contributed by atoms with Gasteiger partial charge in [-0.2, -0.15) is 8.78 Å². The van der Waals surface area contributed by atoms with Crippen molar-refractivity contribution in [2.24, 2.45) is 0 Å². The molecule has 0 N–H and O–H groups in total. The Bertz CT molecular complexity index is 786. The topological polar surface area (TPSA) is 65.5 Å². The molecule has 132 valence electrons. The van der Waals surface area contributed by atoms with Crippen molar-refractivity contribution in [3.8, 4) is 5.75 Å². The summed E-state index contributed by atoms with van der Waals surface area (Å²) in [5.41, 5.74) is -0.194. The zero-order valence-corrected chi connectivity index (χ0v) is 13.7. The first-order valence-electron chi connectivity index (χ1n) is 6.86. The van der Waals surface area contributed by atoms with Gasteiger partial charge in [0.25, 0.3) is 5.76 Å². The zero-order valence-electron chi connectivity index (χ0n) is 12.9. The maximum atomic E-state index is 13.6. The van der Waals surface area contributed by atoms with Crippen LogP contribution in [-0.2, 0) is 4.74 Å². The number of Topliss-reactive ketones (excluding diaryl/α,β-unsaturated/α-hetero) is 1. The van der Waals surface area contributed by atoms with Gasteiger partial charge in [-0.15, -0.1) is 0 Å². The van der Waals surface area contributed by atoms with E-state index in [2.05, 4.69) is 4.98 Å². The van der Waals surface area contributed by atoms with Crippen molar-refractivity contribution in [1.29, 1.82) is 0 Å². The molecule has 25 heavy (non-hydrogen) atoms. The van der Waals surface area contributed by atoms with Gasteiger partial charge in [0.15, 0.2) is 24.0 Å². The summed E-state index contributed by atoms with van der Waals surface area (Å²) in [6.45, 7) is -0.668. The van der Waals surface area contributed by atoms with E-state index in [0.717, 1.165) is 6.07 Å². The van der Waals surface area contributed by atoms with Gasteiger partial charge in [0.05, 0.1) is 12.7 Å². The van der Waals surface area contributed by atoms with E-state index in [0.29, 0.717) is 0 Å². The fourth-order valence-electron chi connectivity index (χ4n) is 1.86. The second-order valence-electron chi connectivity index (χ2n) is 4.58. The molecule has 0 saturated heterocycles. The number of nitrogens with zero attached hydrogens (tertiary/aromatic N) is 1. The van der Waals surface area contributed by atoms with E-state index in [1.807, 2.05) is 0 Å². The van der Waals surface area contributed by atoms with E-state index >= 15 is 0 Å². The summed E-state index contributed by atoms with van der Waals surface area (Å²) < 4.78 is 48.1. The highest BCUT2D eigenvalue weighted by atomic mass is 32.2. The monoisotopic (exact) mass is 371 g/mol. The molecule has 0 amide bonds. The van der Waals surface area contributed by atoms with E-state index in [1.54, 1.807) is 0 Å². The van der Waals surface area contributed by atoms with Gasteiger partial charge in [-0.25, -0.2) is 14.2 Å². The summed E-state index contributed by atoms with van der Waals surface area (Å²) in [7, 11) is 1.28. The summed E-state index contributed by atoms with van der Waals surface area (Å²) >= 11 is 0.0964. The molecule has 0 saturated carbocycles. The molecular formula is C16H12F3NO4S. The number of carbonyl (C=O) groups excluding carboxylic acids is 2. The van der Waals surface area contributed by atoms with Crippen LogP contribution in [0.15, 0.2) is 41.6 Å². The van der Waals surface area contributed by atoms with Crippen LogP contribution in [-0.4, -0.2) is 36.2 Å². The highest BCUT2D eigenvalue weighted by Gasteiger charge is 2.19. The number of halogens is 3. The number of hydrogen-bond acceptors (Lipinski definition) is 6. The molecular weight excluding hydrogens is 359 g/mol. The number of pyridine rings is 1. The first-order chi connectivity index (χ1) is 11.9. The molecule has 0 fully saturated rings. The molecule has 2 aromatic rings. The second kappa shape index (κ2) is 8.52. The normalized spacial score (nSPS) is 10.6. The first-order valence-corrected chi connectivity index (χ1v) is 7.74. The minimum absolute atomic E-state index is 0.0144. The number of hydrogen-bond donors (Lipinski definition) is 0. The van der Waals surface area contributed by atoms with Crippen LogP contribution in [0.1, 0.15) is 20.7 Å². The lowest BCUT2D eigenvalue weighted by atomic mass is 10.1. The van der Waals surface area contributed by atoms with Crippen molar-refractivity contribution in [2.75, 3.05) is 13.7 Å². The van der Waals surface area contributed by atoms with Crippen LogP contribution in [0.5, 0.6) is 5.75 Å². The average molecular weight is 371 g/mol. The lowest BCUT2D eigenvalue weighted by Gasteiger charge is -2.08. The lowest BCUT2D eigenvalue weighted by molar-refractivity contribution is 0.0470. The average Bonchev–Trinajstić information content (AvgIpc) is 2.59. The zero-order chi connectivity index (χ0) is 18.4. The number of ketones is 1. The fraction of sp³-hybridized carbons (Fsp3) is 0.188. The van der Waals surface area contributed by atoms with Gasteiger partial charge >= 0.3 is 5.97 Å². The molecule has 0 spiro atoms. The number of methoxy groups -OCH3 is 1. The number of benzene rings is 1. The molecule has 0 radical (unpaired) electrons. The van der Waals surface area contributed by atoms with Crippen LogP contribution in [0, 0.1) is 5.82 Å². The molecule has 1 aromatic heterocycles.